The number of hydrogen-bond acceptors (Lipinski definition) is 7. The van der Waals surface area contributed by atoms with Crippen LogP contribution in [0.15, 0.2) is 12.2 Å². The van der Waals surface area contributed by atoms with Crippen LogP contribution < -0.4 is 0 Å². The maximum absolute atomic E-state index is 12.9. The summed E-state index contributed by atoms with van der Waals surface area (Å²) in [6, 6.07) is 0. The molecule has 10 heteroatoms. The van der Waals surface area contributed by atoms with Crippen molar-refractivity contribution >= 4 is 19.8 Å². The quantitative estimate of drug-likeness (QED) is 0.0211. The molecule has 0 spiro atoms. The van der Waals surface area contributed by atoms with E-state index in [4.69, 9.17) is 18.5 Å². The summed E-state index contributed by atoms with van der Waals surface area (Å²) in [5.74, 6) is -0.772. The van der Waals surface area contributed by atoms with Gasteiger partial charge in [-0.1, -0.05) is 309 Å². The minimum Gasteiger partial charge on any atom is -0.462 e. The van der Waals surface area contributed by atoms with Gasteiger partial charge in [-0.2, -0.15) is 0 Å². The first-order valence-electron chi connectivity index (χ1n) is 33.4. The van der Waals surface area contributed by atoms with Gasteiger partial charge in [-0.3, -0.25) is 18.6 Å². The van der Waals surface area contributed by atoms with Gasteiger partial charge in [0, 0.05) is 12.8 Å². The first-order valence-corrected chi connectivity index (χ1v) is 34.9. The number of ether oxygens (including phenoxy) is 2. The average molecular weight is 1100 g/mol. The molecule has 76 heavy (non-hydrogen) atoms. The van der Waals surface area contributed by atoms with Gasteiger partial charge < -0.3 is 18.9 Å². The van der Waals surface area contributed by atoms with Crippen LogP contribution in [0.2, 0.25) is 0 Å². The van der Waals surface area contributed by atoms with Gasteiger partial charge in [0.25, 0.3) is 0 Å². The molecule has 0 aliphatic rings. The fraction of sp³-hybridized carbons (Fsp3) is 0.939. The molecule has 0 aliphatic carbocycles. The maximum atomic E-state index is 12.9. The Balaban J connectivity index is 3.97. The van der Waals surface area contributed by atoms with Crippen molar-refractivity contribution in [2.45, 2.75) is 354 Å². The van der Waals surface area contributed by atoms with E-state index in [0.717, 1.165) is 38.5 Å². The lowest BCUT2D eigenvalue weighted by molar-refractivity contribution is -0.870. The zero-order chi connectivity index (χ0) is 55.6. The molecule has 0 aromatic heterocycles. The fourth-order valence-corrected chi connectivity index (χ4v) is 10.9. The zero-order valence-electron chi connectivity index (χ0n) is 51.5. The van der Waals surface area contributed by atoms with Crippen LogP contribution in [0.5, 0.6) is 0 Å². The number of likely N-dealkylation sites (N-methyl/N-ethyl adjacent to an activating group) is 1. The van der Waals surface area contributed by atoms with Crippen molar-refractivity contribution in [1.29, 1.82) is 0 Å². The lowest BCUT2D eigenvalue weighted by Crippen LogP contribution is -2.37. The van der Waals surface area contributed by atoms with Crippen molar-refractivity contribution in [3.8, 4) is 0 Å². The Hall–Kier alpha value is -1.25. The summed E-state index contributed by atoms with van der Waals surface area (Å²) in [7, 11) is 1.50. The number of nitrogens with zero attached hydrogens (tertiary/aromatic N) is 1. The summed E-state index contributed by atoms with van der Waals surface area (Å²) in [6.45, 7) is 4.51. The Bertz CT molecular complexity index is 1290. The third kappa shape index (κ3) is 62.0. The molecule has 0 rings (SSSR count). The summed E-state index contributed by atoms with van der Waals surface area (Å²) in [5.41, 5.74) is 0. The SMILES string of the molecule is CCCCCCCCCC/C=C\CCCCCCCCCCCCCCCCCCCCCCCC(=O)OC(COC(=O)CCCCCCCCCCCCCCCCCCCCC)COP(=O)(O)OCC[N+](C)(C)C. The molecule has 0 saturated heterocycles. The molecule has 2 unspecified atom stereocenters. The number of phosphoric acid groups is 1. The monoisotopic (exact) mass is 1100 g/mol. The molecular weight excluding hydrogens is 966 g/mol. The summed E-state index contributed by atoms with van der Waals surface area (Å²) in [5, 5.41) is 0. The molecule has 0 radical (unpaired) electrons. The highest BCUT2D eigenvalue weighted by atomic mass is 31.2. The van der Waals surface area contributed by atoms with Crippen LogP contribution >= 0.6 is 7.82 Å². The van der Waals surface area contributed by atoms with E-state index < -0.39 is 26.5 Å². The van der Waals surface area contributed by atoms with Crippen LogP contribution in [0.4, 0.5) is 0 Å². The van der Waals surface area contributed by atoms with Gasteiger partial charge in [0.1, 0.15) is 19.8 Å². The van der Waals surface area contributed by atoms with Crippen LogP contribution in [0, 0.1) is 0 Å². The highest BCUT2D eigenvalue weighted by Crippen LogP contribution is 2.43. The Morgan fingerprint density at radius 3 is 0.974 bits per heavy atom. The molecule has 0 fully saturated rings. The lowest BCUT2D eigenvalue weighted by Gasteiger charge is -2.24. The number of carbonyl (C=O) groups excluding carboxylic acids is 2. The van der Waals surface area contributed by atoms with Crippen LogP contribution in [-0.2, 0) is 32.7 Å². The lowest BCUT2D eigenvalue weighted by atomic mass is 10.0. The van der Waals surface area contributed by atoms with Crippen molar-refractivity contribution in [2.75, 3.05) is 47.5 Å². The average Bonchev–Trinajstić information content (AvgIpc) is 3.38. The molecule has 0 aliphatic heterocycles. The second-order valence-corrected chi connectivity index (χ2v) is 25.7. The predicted molar refractivity (Wildman–Crippen MR) is 326 cm³/mol. The van der Waals surface area contributed by atoms with Gasteiger partial charge >= 0.3 is 19.8 Å². The molecule has 0 bridgehead atoms. The molecule has 2 atom stereocenters. The van der Waals surface area contributed by atoms with Gasteiger partial charge in [0.2, 0.25) is 0 Å². The molecule has 9 nitrogen and oxygen atoms in total. The second-order valence-electron chi connectivity index (χ2n) is 24.2. The Morgan fingerprint density at radius 2 is 0.671 bits per heavy atom. The highest BCUT2D eigenvalue weighted by molar-refractivity contribution is 7.47. The van der Waals surface area contributed by atoms with E-state index in [-0.39, 0.29) is 25.6 Å². The number of allylic oxidation sites excluding steroid dienone is 2. The van der Waals surface area contributed by atoms with Gasteiger partial charge in [0.05, 0.1) is 27.7 Å². The molecule has 0 heterocycles. The van der Waals surface area contributed by atoms with E-state index in [1.807, 2.05) is 21.1 Å². The van der Waals surface area contributed by atoms with E-state index in [0.29, 0.717) is 17.4 Å². The number of carbonyl (C=O) groups is 2. The Kier molecular flexibility index (Phi) is 57.4. The molecule has 1 N–H and O–H groups in total. The standard InChI is InChI=1S/C66H130NO8P/c1-6-8-10-12-14-16-18-20-22-24-26-27-28-29-30-31-32-33-34-35-36-37-38-39-41-43-45-47-49-51-53-55-57-59-66(69)75-64(63-74-76(70,71)73-61-60-67(3,4)5)62-72-65(68)58-56-54-52-50-48-46-44-42-40-25-23-21-19-17-15-13-11-9-7-2/h24,26,64H,6-23,25,27-63H2,1-5H3/p+1/b26-24-. The number of phosphoric ester groups is 1. The summed E-state index contributed by atoms with van der Waals surface area (Å²) in [4.78, 5) is 35.8. The molecule has 0 saturated carbocycles. The molecule has 452 valence electrons. The van der Waals surface area contributed by atoms with Gasteiger partial charge in [0.15, 0.2) is 6.10 Å². The van der Waals surface area contributed by atoms with Crippen molar-refractivity contribution in [3.63, 3.8) is 0 Å². The van der Waals surface area contributed by atoms with E-state index in [1.54, 1.807) is 0 Å². The summed E-state index contributed by atoms with van der Waals surface area (Å²) < 4.78 is 34.7. The molecule has 0 aromatic rings. The van der Waals surface area contributed by atoms with Crippen LogP contribution in [0.1, 0.15) is 348 Å². The van der Waals surface area contributed by atoms with E-state index in [9.17, 15) is 19.0 Å². The van der Waals surface area contributed by atoms with Crippen LogP contribution in [0.25, 0.3) is 0 Å². The van der Waals surface area contributed by atoms with Gasteiger partial charge in [-0.15, -0.1) is 0 Å². The normalized spacial score (nSPS) is 13.2. The van der Waals surface area contributed by atoms with Gasteiger partial charge in [-0.05, 0) is 38.5 Å². The maximum Gasteiger partial charge on any atom is 0.472 e. The fourth-order valence-electron chi connectivity index (χ4n) is 10.1. The van der Waals surface area contributed by atoms with Crippen molar-refractivity contribution in [3.05, 3.63) is 12.2 Å². The third-order valence-electron chi connectivity index (χ3n) is 15.3. The van der Waals surface area contributed by atoms with Crippen LogP contribution in [-0.4, -0.2) is 74.9 Å². The van der Waals surface area contributed by atoms with E-state index >= 15 is 0 Å². The first-order chi connectivity index (χ1) is 37.0. The topological polar surface area (TPSA) is 108 Å². The van der Waals surface area contributed by atoms with E-state index in [2.05, 4.69) is 26.0 Å². The second kappa shape index (κ2) is 58.4. The Labute approximate surface area is 473 Å². The summed E-state index contributed by atoms with van der Waals surface area (Å²) >= 11 is 0. The first kappa shape index (κ1) is 74.8. The smallest absolute Gasteiger partial charge is 0.462 e. The zero-order valence-corrected chi connectivity index (χ0v) is 52.4. The van der Waals surface area contributed by atoms with Crippen molar-refractivity contribution < 1.29 is 42.1 Å². The van der Waals surface area contributed by atoms with Crippen LogP contribution in [0.3, 0.4) is 0 Å². The Morgan fingerprint density at radius 1 is 0.395 bits per heavy atom. The van der Waals surface area contributed by atoms with Crippen molar-refractivity contribution in [2.24, 2.45) is 0 Å². The largest absolute Gasteiger partial charge is 0.472 e. The van der Waals surface area contributed by atoms with Crippen molar-refractivity contribution in [1.82, 2.24) is 0 Å². The number of hydrogen-bond donors (Lipinski definition) is 1. The highest BCUT2D eigenvalue weighted by Gasteiger charge is 2.27. The van der Waals surface area contributed by atoms with E-state index in [1.165, 1.54) is 283 Å². The number of esters is 2. The molecule has 0 aromatic carbocycles. The number of unbranched alkanes of at least 4 members (excludes halogenated alkanes) is 47. The minimum absolute atomic E-state index is 0.0366. The number of quaternary nitrogens is 1. The molecule has 0 amide bonds. The predicted octanol–water partition coefficient (Wildman–Crippen LogP) is 21.2. The summed E-state index contributed by atoms with van der Waals surface area (Å²) in [6.07, 6.45) is 70.3. The minimum atomic E-state index is -4.38. The van der Waals surface area contributed by atoms with Gasteiger partial charge in [-0.25, -0.2) is 4.57 Å². The molecular formula is C66H131NO8P+. The third-order valence-corrected chi connectivity index (χ3v) is 16.3. The number of rotatable bonds is 63.